The highest BCUT2D eigenvalue weighted by Gasteiger charge is 2.19. The Labute approximate surface area is 127 Å². The second kappa shape index (κ2) is 8.04. The minimum atomic E-state index is 0.391. The third-order valence-corrected chi connectivity index (χ3v) is 3.91. The first-order valence-electron chi connectivity index (χ1n) is 7.53. The van der Waals surface area contributed by atoms with Crippen LogP contribution in [0.4, 0.5) is 0 Å². The van der Waals surface area contributed by atoms with Gasteiger partial charge in [-0.15, -0.1) is 0 Å². The van der Waals surface area contributed by atoms with Gasteiger partial charge >= 0.3 is 0 Å². The van der Waals surface area contributed by atoms with Gasteiger partial charge in [-0.1, -0.05) is 11.8 Å². The van der Waals surface area contributed by atoms with E-state index in [1.807, 2.05) is 24.3 Å². The maximum atomic E-state index is 5.80. The van der Waals surface area contributed by atoms with Crippen LogP contribution < -0.4 is 10.5 Å². The molecular formula is C17H25N3O. The molecule has 1 aliphatic heterocycles. The SMILES string of the molecule is CC1CN(CCOc2ccc(C#CCN)cc2)CCN1C. The molecule has 4 heteroatoms. The Hall–Kier alpha value is -1.54. The molecule has 0 bridgehead atoms. The Balaban J connectivity index is 1.73. The van der Waals surface area contributed by atoms with Crippen molar-refractivity contribution in [2.45, 2.75) is 13.0 Å². The molecule has 21 heavy (non-hydrogen) atoms. The van der Waals surface area contributed by atoms with Gasteiger partial charge in [0.05, 0.1) is 6.54 Å². The highest BCUT2D eigenvalue weighted by Crippen LogP contribution is 2.12. The molecule has 1 fully saturated rings. The Morgan fingerprint density at radius 3 is 2.71 bits per heavy atom. The van der Waals surface area contributed by atoms with Gasteiger partial charge < -0.3 is 15.4 Å². The molecule has 0 amide bonds. The van der Waals surface area contributed by atoms with Gasteiger partial charge in [-0.25, -0.2) is 0 Å². The van der Waals surface area contributed by atoms with E-state index in [4.69, 9.17) is 10.5 Å². The largest absolute Gasteiger partial charge is 0.492 e. The first kappa shape index (κ1) is 15.8. The van der Waals surface area contributed by atoms with Gasteiger partial charge in [-0.05, 0) is 38.2 Å². The second-order valence-corrected chi connectivity index (χ2v) is 5.51. The summed E-state index contributed by atoms with van der Waals surface area (Å²) in [5, 5.41) is 0. The van der Waals surface area contributed by atoms with Crippen molar-refractivity contribution < 1.29 is 4.74 Å². The van der Waals surface area contributed by atoms with Crippen LogP contribution in [0.5, 0.6) is 5.75 Å². The summed E-state index contributed by atoms with van der Waals surface area (Å²) < 4.78 is 5.80. The molecule has 114 valence electrons. The Morgan fingerprint density at radius 1 is 1.29 bits per heavy atom. The van der Waals surface area contributed by atoms with Crippen molar-refractivity contribution in [3.05, 3.63) is 29.8 Å². The number of piperazine rings is 1. The van der Waals surface area contributed by atoms with Crippen molar-refractivity contribution in [3.63, 3.8) is 0 Å². The van der Waals surface area contributed by atoms with Gasteiger partial charge in [0.25, 0.3) is 0 Å². The molecule has 1 saturated heterocycles. The third kappa shape index (κ3) is 5.05. The van der Waals surface area contributed by atoms with Crippen molar-refractivity contribution >= 4 is 0 Å². The van der Waals surface area contributed by atoms with Crippen LogP contribution in [0.15, 0.2) is 24.3 Å². The molecule has 1 aliphatic rings. The van der Waals surface area contributed by atoms with E-state index >= 15 is 0 Å². The smallest absolute Gasteiger partial charge is 0.119 e. The van der Waals surface area contributed by atoms with Crippen molar-refractivity contribution in [1.82, 2.24) is 9.80 Å². The summed E-state index contributed by atoms with van der Waals surface area (Å²) in [6.07, 6.45) is 0. The average Bonchev–Trinajstić information content (AvgIpc) is 2.50. The molecule has 4 nitrogen and oxygen atoms in total. The highest BCUT2D eigenvalue weighted by atomic mass is 16.5. The highest BCUT2D eigenvalue weighted by molar-refractivity contribution is 5.38. The molecule has 1 aromatic rings. The van der Waals surface area contributed by atoms with Crippen LogP contribution in [0.2, 0.25) is 0 Å². The normalized spacial score (nSPS) is 19.9. The van der Waals surface area contributed by atoms with Gasteiger partial charge in [0, 0.05) is 37.8 Å². The van der Waals surface area contributed by atoms with Gasteiger partial charge in [0.15, 0.2) is 0 Å². The maximum absolute atomic E-state index is 5.80. The minimum Gasteiger partial charge on any atom is -0.492 e. The van der Waals surface area contributed by atoms with Crippen molar-refractivity contribution in [3.8, 4) is 17.6 Å². The molecule has 1 aromatic carbocycles. The van der Waals surface area contributed by atoms with E-state index < -0.39 is 0 Å². The number of nitrogens with zero attached hydrogens (tertiary/aromatic N) is 2. The molecule has 1 atom stereocenters. The lowest BCUT2D eigenvalue weighted by Crippen LogP contribution is -2.50. The van der Waals surface area contributed by atoms with E-state index in [-0.39, 0.29) is 0 Å². The standard InChI is InChI=1S/C17H25N3O/c1-15-14-20(11-10-19(15)2)12-13-21-17-7-5-16(6-8-17)4-3-9-18/h5-8,15H,9-14,18H2,1-2H3. The van der Waals surface area contributed by atoms with Crippen molar-refractivity contribution in [1.29, 1.82) is 0 Å². The zero-order valence-corrected chi connectivity index (χ0v) is 13.0. The summed E-state index contributed by atoms with van der Waals surface area (Å²) in [6, 6.07) is 8.49. The Morgan fingerprint density at radius 2 is 2.05 bits per heavy atom. The summed E-state index contributed by atoms with van der Waals surface area (Å²) in [5.74, 6) is 6.75. The lowest BCUT2D eigenvalue weighted by Gasteiger charge is -2.37. The lowest BCUT2D eigenvalue weighted by atomic mass is 10.2. The number of ether oxygens (including phenoxy) is 1. The number of hydrogen-bond acceptors (Lipinski definition) is 4. The fourth-order valence-electron chi connectivity index (χ4n) is 2.41. The summed E-state index contributed by atoms with van der Waals surface area (Å²) in [6.45, 7) is 7.74. The molecule has 0 radical (unpaired) electrons. The second-order valence-electron chi connectivity index (χ2n) is 5.51. The third-order valence-electron chi connectivity index (χ3n) is 3.91. The number of rotatable bonds is 4. The molecular weight excluding hydrogens is 262 g/mol. The number of benzene rings is 1. The average molecular weight is 287 g/mol. The van der Waals surface area contributed by atoms with E-state index in [1.165, 1.54) is 0 Å². The molecule has 2 rings (SSSR count). The van der Waals surface area contributed by atoms with Crippen LogP contribution >= 0.6 is 0 Å². The van der Waals surface area contributed by atoms with Gasteiger partial charge in [-0.3, -0.25) is 4.90 Å². The molecule has 0 aliphatic carbocycles. The summed E-state index contributed by atoms with van der Waals surface area (Å²) in [7, 11) is 2.19. The first-order chi connectivity index (χ1) is 10.2. The fourth-order valence-corrected chi connectivity index (χ4v) is 2.41. The predicted octanol–water partition coefficient (Wildman–Crippen LogP) is 1.01. The number of likely N-dealkylation sites (N-methyl/N-ethyl adjacent to an activating group) is 1. The topological polar surface area (TPSA) is 41.7 Å². The monoisotopic (exact) mass is 287 g/mol. The van der Waals surface area contributed by atoms with Gasteiger partial charge in [0.2, 0.25) is 0 Å². The molecule has 1 heterocycles. The lowest BCUT2D eigenvalue weighted by molar-refractivity contribution is 0.0928. The zero-order valence-electron chi connectivity index (χ0n) is 13.0. The minimum absolute atomic E-state index is 0.391. The Kier molecular flexibility index (Phi) is 6.06. The van der Waals surface area contributed by atoms with E-state index in [2.05, 4.69) is 35.6 Å². The summed E-state index contributed by atoms with van der Waals surface area (Å²) in [4.78, 5) is 4.87. The summed E-state index contributed by atoms with van der Waals surface area (Å²) >= 11 is 0. The van der Waals surface area contributed by atoms with E-state index in [0.29, 0.717) is 12.6 Å². The number of nitrogens with two attached hydrogens (primary N) is 1. The van der Waals surface area contributed by atoms with Crippen LogP contribution in [0, 0.1) is 11.8 Å². The van der Waals surface area contributed by atoms with Crippen LogP contribution in [0.1, 0.15) is 12.5 Å². The van der Waals surface area contributed by atoms with Crippen LogP contribution in [-0.4, -0.2) is 62.2 Å². The van der Waals surface area contributed by atoms with Gasteiger partial charge in [0.1, 0.15) is 12.4 Å². The number of hydrogen-bond donors (Lipinski definition) is 1. The maximum Gasteiger partial charge on any atom is 0.119 e. The Bertz CT molecular complexity index is 489. The first-order valence-corrected chi connectivity index (χ1v) is 7.53. The quantitative estimate of drug-likeness (QED) is 0.839. The molecule has 2 N–H and O–H groups in total. The molecule has 0 aromatic heterocycles. The van der Waals surface area contributed by atoms with E-state index in [1.54, 1.807) is 0 Å². The van der Waals surface area contributed by atoms with Crippen molar-refractivity contribution in [2.24, 2.45) is 5.73 Å². The van der Waals surface area contributed by atoms with Crippen LogP contribution in [0.25, 0.3) is 0 Å². The summed E-state index contributed by atoms with van der Waals surface area (Å²) in [5.41, 5.74) is 6.33. The van der Waals surface area contributed by atoms with E-state index in [9.17, 15) is 0 Å². The van der Waals surface area contributed by atoms with Crippen LogP contribution in [-0.2, 0) is 0 Å². The molecule has 1 unspecified atom stereocenters. The van der Waals surface area contributed by atoms with Crippen molar-refractivity contribution in [2.75, 3.05) is 46.4 Å². The predicted molar refractivity (Wildman–Crippen MR) is 86.4 cm³/mol. The van der Waals surface area contributed by atoms with Crippen LogP contribution in [0.3, 0.4) is 0 Å². The zero-order chi connectivity index (χ0) is 15.1. The van der Waals surface area contributed by atoms with E-state index in [0.717, 1.165) is 44.1 Å². The van der Waals surface area contributed by atoms with Gasteiger partial charge in [-0.2, -0.15) is 0 Å². The molecule has 0 spiro atoms. The molecule has 0 saturated carbocycles. The fraction of sp³-hybridized carbons (Fsp3) is 0.529.